The number of nitrogens with zero attached hydrogens (tertiary/aromatic N) is 1. The van der Waals surface area contributed by atoms with Crippen molar-refractivity contribution in [2.24, 2.45) is 0 Å². The number of hydrogen-bond acceptors (Lipinski definition) is 1. The molecule has 0 aromatic carbocycles. The fourth-order valence-corrected chi connectivity index (χ4v) is 2.38. The fourth-order valence-electron chi connectivity index (χ4n) is 2.38. The van der Waals surface area contributed by atoms with Crippen molar-refractivity contribution in [3.63, 3.8) is 0 Å². The van der Waals surface area contributed by atoms with Crippen molar-refractivity contribution in [1.82, 2.24) is 0 Å². The molecule has 0 bridgehead atoms. The number of ether oxygens (including phenoxy) is 1. The molecule has 0 atom stereocenters. The summed E-state index contributed by atoms with van der Waals surface area (Å²) in [5.74, 6) is 0. The average molecular weight is 278 g/mol. The first-order chi connectivity index (χ1) is 9.93. The quantitative estimate of drug-likeness (QED) is 0.370. The minimum absolute atomic E-state index is 0.679. The third-order valence-electron chi connectivity index (χ3n) is 3.66. The van der Waals surface area contributed by atoms with E-state index in [9.17, 15) is 0 Å². The first kappa shape index (κ1) is 17.2. The summed E-state index contributed by atoms with van der Waals surface area (Å²) in [7, 11) is 0. The Bertz CT molecular complexity index is 300. The van der Waals surface area contributed by atoms with E-state index in [4.69, 9.17) is 4.74 Å². The monoisotopic (exact) mass is 278 g/mol. The number of rotatable bonds is 13. The molecule has 0 amide bonds. The molecule has 1 heterocycles. The summed E-state index contributed by atoms with van der Waals surface area (Å²) >= 11 is 0. The smallest absolute Gasteiger partial charge is 0.252 e. The van der Waals surface area contributed by atoms with E-state index in [1.807, 2.05) is 30.6 Å². The number of unbranched alkanes of at least 4 members (excludes halogenated alkanes) is 9. The molecule has 0 saturated carbocycles. The molecule has 0 aliphatic rings. The second kappa shape index (κ2) is 13.1. The number of hydrogen-bond donors (Lipinski definition) is 0. The van der Waals surface area contributed by atoms with Crippen molar-refractivity contribution in [1.29, 1.82) is 0 Å². The molecule has 0 spiro atoms. The van der Waals surface area contributed by atoms with Gasteiger partial charge in [0.25, 0.3) is 6.73 Å². The summed E-state index contributed by atoms with van der Waals surface area (Å²) in [5, 5.41) is 0. The van der Waals surface area contributed by atoms with Gasteiger partial charge in [-0.1, -0.05) is 70.8 Å². The molecule has 0 fully saturated rings. The lowest BCUT2D eigenvalue weighted by Crippen LogP contribution is -2.33. The molecule has 0 radical (unpaired) electrons. The highest BCUT2D eigenvalue weighted by Crippen LogP contribution is 2.10. The van der Waals surface area contributed by atoms with E-state index in [-0.39, 0.29) is 0 Å². The summed E-state index contributed by atoms with van der Waals surface area (Å²) in [6.07, 6.45) is 17.8. The molecule has 1 aromatic heterocycles. The van der Waals surface area contributed by atoms with E-state index < -0.39 is 0 Å². The van der Waals surface area contributed by atoms with Gasteiger partial charge < -0.3 is 4.74 Å². The minimum atomic E-state index is 0.679. The van der Waals surface area contributed by atoms with Gasteiger partial charge in [-0.2, -0.15) is 4.57 Å². The van der Waals surface area contributed by atoms with Gasteiger partial charge in [-0.15, -0.1) is 0 Å². The first-order valence-corrected chi connectivity index (χ1v) is 8.45. The Morgan fingerprint density at radius 2 is 1.25 bits per heavy atom. The van der Waals surface area contributed by atoms with Crippen LogP contribution in [-0.4, -0.2) is 6.61 Å². The van der Waals surface area contributed by atoms with Crippen molar-refractivity contribution in [3.8, 4) is 0 Å². The second-order valence-electron chi connectivity index (χ2n) is 5.61. The maximum atomic E-state index is 5.65. The van der Waals surface area contributed by atoms with Crippen LogP contribution >= 0.6 is 0 Å². The highest BCUT2D eigenvalue weighted by molar-refractivity contribution is 4.83. The molecule has 0 N–H and O–H groups in total. The van der Waals surface area contributed by atoms with Crippen LogP contribution in [-0.2, 0) is 11.5 Å². The lowest BCUT2D eigenvalue weighted by Gasteiger charge is -2.02. The second-order valence-corrected chi connectivity index (χ2v) is 5.61. The summed E-state index contributed by atoms with van der Waals surface area (Å²) < 4.78 is 7.72. The third-order valence-corrected chi connectivity index (χ3v) is 3.66. The van der Waals surface area contributed by atoms with Crippen LogP contribution < -0.4 is 4.57 Å². The Hall–Kier alpha value is -0.890. The third kappa shape index (κ3) is 9.96. The van der Waals surface area contributed by atoms with E-state index in [1.54, 1.807) is 0 Å². The van der Waals surface area contributed by atoms with Gasteiger partial charge >= 0.3 is 0 Å². The van der Waals surface area contributed by atoms with Gasteiger partial charge in [-0.25, -0.2) is 0 Å². The van der Waals surface area contributed by atoms with E-state index in [1.165, 1.54) is 64.2 Å². The average Bonchev–Trinajstić information content (AvgIpc) is 2.49. The first-order valence-electron chi connectivity index (χ1n) is 8.45. The molecule has 2 nitrogen and oxygen atoms in total. The summed E-state index contributed by atoms with van der Waals surface area (Å²) in [4.78, 5) is 0. The molecule has 114 valence electrons. The molecule has 0 saturated heterocycles. The van der Waals surface area contributed by atoms with Gasteiger partial charge in [0.2, 0.25) is 0 Å². The van der Waals surface area contributed by atoms with Gasteiger partial charge in [-0.3, -0.25) is 0 Å². The van der Waals surface area contributed by atoms with Gasteiger partial charge in [0.15, 0.2) is 12.4 Å². The maximum Gasteiger partial charge on any atom is 0.252 e. The highest BCUT2D eigenvalue weighted by Gasteiger charge is 1.97. The Morgan fingerprint density at radius 1 is 0.700 bits per heavy atom. The van der Waals surface area contributed by atoms with Crippen LogP contribution in [0.2, 0.25) is 0 Å². The van der Waals surface area contributed by atoms with E-state index in [2.05, 4.69) is 11.5 Å². The van der Waals surface area contributed by atoms with Crippen LogP contribution in [0.15, 0.2) is 30.6 Å². The van der Waals surface area contributed by atoms with Crippen molar-refractivity contribution < 1.29 is 9.30 Å². The van der Waals surface area contributed by atoms with E-state index in [0.29, 0.717) is 6.73 Å². The lowest BCUT2D eigenvalue weighted by molar-refractivity contribution is -0.732. The highest BCUT2D eigenvalue weighted by atomic mass is 16.5. The molecule has 0 unspecified atom stereocenters. The molecular weight excluding hydrogens is 246 g/mol. The largest absolute Gasteiger partial charge is 0.323 e. The van der Waals surface area contributed by atoms with Gasteiger partial charge in [0, 0.05) is 12.1 Å². The summed E-state index contributed by atoms with van der Waals surface area (Å²) in [6.45, 7) is 3.84. The van der Waals surface area contributed by atoms with Gasteiger partial charge in [0.05, 0.1) is 6.61 Å². The Balaban J connectivity index is 1.77. The fraction of sp³-hybridized carbons (Fsp3) is 0.722. The molecule has 0 aliphatic heterocycles. The molecule has 2 heteroatoms. The van der Waals surface area contributed by atoms with Crippen molar-refractivity contribution in [2.45, 2.75) is 77.9 Å². The van der Waals surface area contributed by atoms with Crippen LogP contribution in [0.5, 0.6) is 0 Å². The lowest BCUT2D eigenvalue weighted by atomic mass is 10.1. The zero-order valence-corrected chi connectivity index (χ0v) is 13.2. The standard InChI is InChI=1S/C18H32NO/c1-2-3-4-5-6-7-8-9-10-14-17-20-18-19-15-12-11-13-16-19/h11-13,15-16H,2-10,14,17-18H2,1H3/q+1. The normalized spacial score (nSPS) is 10.8. The van der Waals surface area contributed by atoms with E-state index in [0.717, 1.165) is 6.61 Å². The van der Waals surface area contributed by atoms with Gasteiger partial charge in [-0.05, 0) is 6.42 Å². The zero-order valence-electron chi connectivity index (χ0n) is 13.2. The molecule has 1 aromatic rings. The maximum absolute atomic E-state index is 5.65. The van der Waals surface area contributed by atoms with Crippen LogP contribution in [0, 0.1) is 0 Å². The molecule has 20 heavy (non-hydrogen) atoms. The molecule has 1 rings (SSSR count). The predicted molar refractivity (Wildman–Crippen MR) is 84.4 cm³/mol. The Kier molecular flexibility index (Phi) is 11.2. The SMILES string of the molecule is CCCCCCCCCCCCOC[n+]1ccccc1. The summed E-state index contributed by atoms with van der Waals surface area (Å²) in [5.41, 5.74) is 0. The summed E-state index contributed by atoms with van der Waals surface area (Å²) in [6, 6.07) is 6.09. The molecular formula is C18H32NO+. The predicted octanol–water partition coefficient (Wildman–Crippen LogP) is 4.87. The minimum Gasteiger partial charge on any atom is -0.323 e. The van der Waals surface area contributed by atoms with Crippen LogP contribution in [0.4, 0.5) is 0 Å². The van der Waals surface area contributed by atoms with Gasteiger partial charge in [0.1, 0.15) is 0 Å². The molecule has 0 aliphatic carbocycles. The Labute approximate surface area is 125 Å². The zero-order chi connectivity index (χ0) is 14.3. The van der Waals surface area contributed by atoms with E-state index >= 15 is 0 Å². The van der Waals surface area contributed by atoms with Crippen LogP contribution in [0.25, 0.3) is 0 Å². The van der Waals surface area contributed by atoms with Crippen molar-refractivity contribution >= 4 is 0 Å². The Morgan fingerprint density at radius 3 is 1.85 bits per heavy atom. The van der Waals surface area contributed by atoms with Crippen LogP contribution in [0.3, 0.4) is 0 Å². The number of aromatic nitrogens is 1. The number of pyridine rings is 1. The topological polar surface area (TPSA) is 13.1 Å². The van der Waals surface area contributed by atoms with Crippen molar-refractivity contribution in [2.75, 3.05) is 6.61 Å². The van der Waals surface area contributed by atoms with Crippen LogP contribution in [0.1, 0.15) is 71.1 Å². The van der Waals surface area contributed by atoms with Crippen molar-refractivity contribution in [3.05, 3.63) is 30.6 Å².